The average molecular weight is 322 g/mol. The van der Waals surface area contributed by atoms with Gasteiger partial charge in [-0.3, -0.25) is 4.21 Å². The molecule has 3 rings (SSSR count). The Hall–Kier alpha value is -1.40. The van der Waals surface area contributed by atoms with E-state index in [-0.39, 0.29) is 12.1 Å². The van der Waals surface area contributed by atoms with E-state index >= 15 is 0 Å². The molecular weight excluding hydrogens is 300 g/mol. The van der Waals surface area contributed by atoms with Gasteiger partial charge in [0, 0.05) is 46.2 Å². The van der Waals surface area contributed by atoms with Crippen LogP contribution in [0, 0.1) is 5.92 Å². The summed E-state index contributed by atoms with van der Waals surface area (Å²) >= 11 is 0. The molecule has 1 aliphatic carbocycles. The van der Waals surface area contributed by atoms with Gasteiger partial charge in [0.2, 0.25) is 0 Å². The second-order valence-corrected chi connectivity index (χ2v) is 7.36. The Balaban J connectivity index is 1.56. The zero-order chi connectivity index (χ0) is 15.5. The Bertz CT molecular complexity index is 561. The smallest absolute Gasteiger partial charge is 0.319 e. The van der Waals surface area contributed by atoms with E-state index in [1.54, 1.807) is 30.5 Å². The number of nitrogens with one attached hydrogen (secondary N) is 2. The van der Waals surface area contributed by atoms with Crippen molar-refractivity contribution in [1.82, 2.24) is 5.32 Å². The molecular formula is C16H22N2O3S. The first-order valence-electron chi connectivity index (χ1n) is 7.76. The van der Waals surface area contributed by atoms with Crippen LogP contribution in [-0.2, 0) is 15.5 Å². The molecule has 1 saturated carbocycles. The maximum atomic E-state index is 12.2. The van der Waals surface area contributed by atoms with E-state index in [1.807, 2.05) is 0 Å². The standard InChI is InChI=1S/C16H22N2O3S/c1-22(20)12-7-5-11(6-8-12)17-16(19)18-14-3-2-4-15-13(14)9-10-21-15/h5-8,13-15H,2-4,9-10H2,1H3,(H2,17,18,19)/t13-,14-,15+,22+/m1/s1. The molecule has 2 amide bonds. The summed E-state index contributed by atoms with van der Waals surface area (Å²) < 4.78 is 17.1. The average Bonchev–Trinajstić information content (AvgIpc) is 2.97. The Labute approximate surface area is 133 Å². The van der Waals surface area contributed by atoms with E-state index in [2.05, 4.69) is 10.6 Å². The van der Waals surface area contributed by atoms with Gasteiger partial charge in [0.15, 0.2) is 0 Å². The predicted octanol–water partition coefficient (Wildman–Crippen LogP) is 2.50. The number of fused-ring (bicyclic) bond motifs is 1. The zero-order valence-electron chi connectivity index (χ0n) is 12.7. The van der Waals surface area contributed by atoms with Gasteiger partial charge in [-0.05, 0) is 49.9 Å². The maximum absolute atomic E-state index is 12.2. The number of hydrogen-bond donors (Lipinski definition) is 2. The molecule has 1 aliphatic heterocycles. The molecule has 6 heteroatoms. The first kappa shape index (κ1) is 15.5. The lowest BCUT2D eigenvalue weighted by Crippen LogP contribution is -2.47. The highest BCUT2D eigenvalue weighted by molar-refractivity contribution is 7.84. The number of amides is 2. The van der Waals surface area contributed by atoms with Crippen LogP contribution in [0.2, 0.25) is 0 Å². The van der Waals surface area contributed by atoms with E-state index in [4.69, 9.17) is 4.74 Å². The summed E-state index contributed by atoms with van der Waals surface area (Å²) in [6.07, 6.45) is 6.22. The van der Waals surface area contributed by atoms with Crippen molar-refractivity contribution < 1.29 is 13.7 Å². The van der Waals surface area contributed by atoms with Gasteiger partial charge < -0.3 is 15.4 Å². The molecule has 120 valence electrons. The number of rotatable bonds is 3. The summed E-state index contributed by atoms with van der Waals surface area (Å²) in [5.41, 5.74) is 0.710. The molecule has 2 aliphatic rings. The van der Waals surface area contributed by atoms with Crippen LogP contribution in [-0.4, -0.2) is 35.2 Å². The summed E-state index contributed by atoms with van der Waals surface area (Å²) in [7, 11) is -1.00. The van der Waals surface area contributed by atoms with Crippen LogP contribution in [0.5, 0.6) is 0 Å². The number of benzene rings is 1. The van der Waals surface area contributed by atoms with E-state index in [0.29, 0.717) is 17.7 Å². The number of urea groups is 1. The van der Waals surface area contributed by atoms with Crippen molar-refractivity contribution in [1.29, 1.82) is 0 Å². The van der Waals surface area contributed by atoms with Gasteiger partial charge in [-0.15, -0.1) is 0 Å². The van der Waals surface area contributed by atoms with Crippen molar-refractivity contribution >= 4 is 22.5 Å². The largest absolute Gasteiger partial charge is 0.378 e. The van der Waals surface area contributed by atoms with Gasteiger partial charge in [-0.25, -0.2) is 4.79 Å². The van der Waals surface area contributed by atoms with Crippen molar-refractivity contribution in [2.24, 2.45) is 5.92 Å². The normalized spacial score (nSPS) is 28.7. The summed E-state index contributed by atoms with van der Waals surface area (Å²) in [6.45, 7) is 0.810. The van der Waals surface area contributed by atoms with Crippen LogP contribution in [0.25, 0.3) is 0 Å². The Kier molecular flexibility index (Phi) is 4.78. The van der Waals surface area contributed by atoms with E-state index in [9.17, 15) is 9.00 Å². The Morgan fingerprint density at radius 2 is 2.00 bits per heavy atom. The van der Waals surface area contributed by atoms with Crippen molar-refractivity contribution in [2.45, 2.75) is 42.7 Å². The highest BCUT2D eigenvalue weighted by Crippen LogP contribution is 2.34. The van der Waals surface area contributed by atoms with Crippen molar-refractivity contribution in [3.63, 3.8) is 0 Å². The molecule has 1 aromatic rings. The first-order valence-corrected chi connectivity index (χ1v) is 9.32. The molecule has 2 N–H and O–H groups in total. The number of carbonyl (C=O) groups is 1. The molecule has 0 radical (unpaired) electrons. The first-order chi connectivity index (χ1) is 10.6. The molecule has 1 heterocycles. The third-order valence-corrected chi connectivity index (χ3v) is 5.48. The van der Waals surface area contributed by atoms with Crippen LogP contribution < -0.4 is 10.6 Å². The quantitative estimate of drug-likeness (QED) is 0.898. The number of ether oxygens (including phenoxy) is 1. The second-order valence-electron chi connectivity index (χ2n) is 5.98. The SMILES string of the molecule is C[S@](=O)c1ccc(NC(=O)N[C@@H]2CCC[C@@H]3OCC[C@@H]32)cc1. The van der Waals surface area contributed by atoms with E-state index < -0.39 is 10.8 Å². The maximum Gasteiger partial charge on any atom is 0.319 e. The van der Waals surface area contributed by atoms with Gasteiger partial charge >= 0.3 is 6.03 Å². The van der Waals surface area contributed by atoms with Gasteiger partial charge in [0.1, 0.15) is 0 Å². The molecule has 4 atom stereocenters. The molecule has 0 bridgehead atoms. The fourth-order valence-electron chi connectivity index (χ4n) is 3.42. The summed E-state index contributed by atoms with van der Waals surface area (Å²) in [6, 6.07) is 7.11. The van der Waals surface area contributed by atoms with Gasteiger partial charge in [-0.2, -0.15) is 0 Å². The zero-order valence-corrected chi connectivity index (χ0v) is 13.5. The van der Waals surface area contributed by atoms with Crippen molar-refractivity contribution in [3.8, 4) is 0 Å². The van der Waals surface area contributed by atoms with Crippen LogP contribution >= 0.6 is 0 Å². The number of hydrogen-bond acceptors (Lipinski definition) is 3. The molecule has 0 spiro atoms. The second kappa shape index (κ2) is 6.79. The fraction of sp³-hybridized carbons (Fsp3) is 0.562. The van der Waals surface area contributed by atoms with Crippen LogP contribution in [0.1, 0.15) is 25.7 Å². The summed E-state index contributed by atoms with van der Waals surface area (Å²) in [5.74, 6) is 0.449. The van der Waals surface area contributed by atoms with Gasteiger partial charge in [0.05, 0.1) is 6.10 Å². The van der Waals surface area contributed by atoms with Crippen LogP contribution in [0.4, 0.5) is 10.5 Å². The third-order valence-electron chi connectivity index (χ3n) is 4.54. The molecule has 1 aromatic carbocycles. The van der Waals surface area contributed by atoms with E-state index in [0.717, 1.165) is 37.2 Å². The predicted molar refractivity (Wildman–Crippen MR) is 86.4 cm³/mol. The lowest BCUT2D eigenvalue weighted by molar-refractivity contribution is 0.0553. The molecule has 22 heavy (non-hydrogen) atoms. The third kappa shape index (κ3) is 3.50. The lowest BCUT2D eigenvalue weighted by atomic mass is 9.82. The van der Waals surface area contributed by atoms with Crippen LogP contribution in [0.3, 0.4) is 0 Å². The van der Waals surface area contributed by atoms with Crippen molar-refractivity contribution in [3.05, 3.63) is 24.3 Å². The number of anilines is 1. The van der Waals surface area contributed by atoms with E-state index in [1.165, 1.54) is 0 Å². The molecule has 0 aromatic heterocycles. The molecule has 5 nitrogen and oxygen atoms in total. The minimum absolute atomic E-state index is 0.178. The topological polar surface area (TPSA) is 67.4 Å². The Morgan fingerprint density at radius 1 is 1.23 bits per heavy atom. The van der Waals surface area contributed by atoms with Gasteiger partial charge in [0.25, 0.3) is 0 Å². The van der Waals surface area contributed by atoms with Crippen molar-refractivity contribution in [2.75, 3.05) is 18.2 Å². The van der Waals surface area contributed by atoms with Crippen LogP contribution in [0.15, 0.2) is 29.2 Å². The minimum Gasteiger partial charge on any atom is -0.378 e. The highest BCUT2D eigenvalue weighted by Gasteiger charge is 2.38. The molecule has 2 fully saturated rings. The monoisotopic (exact) mass is 322 g/mol. The highest BCUT2D eigenvalue weighted by atomic mass is 32.2. The lowest BCUT2D eigenvalue weighted by Gasteiger charge is -2.33. The Morgan fingerprint density at radius 3 is 2.73 bits per heavy atom. The molecule has 0 unspecified atom stereocenters. The minimum atomic E-state index is -1.00. The number of carbonyl (C=O) groups excluding carboxylic acids is 1. The summed E-state index contributed by atoms with van der Waals surface area (Å²) in [5, 5.41) is 5.93. The van der Waals surface area contributed by atoms with Gasteiger partial charge in [-0.1, -0.05) is 0 Å². The fourth-order valence-corrected chi connectivity index (χ4v) is 3.94. The summed E-state index contributed by atoms with van der Waals surface area (Å²) in [4.78, 5) is 12.9. The molecule has 1 saturated heterocycles.